The van der Waals surface area contributed by atoms with Gasteiger partial charge in [-0.3, -0.25) is 0 Å². The normalized spacial score (nSPS) is 28.5. The average molecular weight is 254 g/mol. The summed E-state index contributed by atoms with van der Waals surface area (Å²) in [6, 6.07) is 0. The van der Waals surface area contributed by atoms with Gasteiger partial charge in [0.15, 0.2) is 0 Å². The van der Waals surface area contributed by atoms with Crippen molar-refractivity contribution in [1.82, 2.24) is 10.6 Å². The van der Waals surface area contributed by atoms with E-state index in [1.54, 1.807) is 0 Å². The van der Waals surface area contributed by atoms with Gasteiger partial charge >= 0.3 is 0 Å². The number of nitrogens with one attached hydrogen (secondary N) is 2. The molecule has 2 aliphatic rings. The van der Waals surface area contributed by atoms with Gasteiger partial charge in [0.2, 0.25) is 0 Å². The highest BCUT2D eigenvalue weighted by Crippen LogP contribution is 2.29. The van der Waals surface area contributed by atoms with E-state index in [0.717, 1.165) is 32.1 Å². The van der Waals surface area contributed by atoms with Crippen LogP contribution in [0, 0.1) is 11.3 Å². The fraction of sp³-hybridized carbons (Fsp3) is 1.00. The number of ether oxygens (including phenoxy) is 1. The first-order valence-electron chi connectivity index (χ1n) is 7.84. The van der Waals surface area contributed by atoms with Crippen molar-refractivity contribution < 1.29 is 4.74 Å². The van der Waals surface area contributed by atoms with E-state index in [0.29, 0.717) is 5.41 Å². The van der Waals surface area contributed by atoms with Gasteiger partial charge in [-0.1, -0.05) is 6.92 Å². The molecular formula is C15H30N2O. The Bertz CT molecular complexity index is 223. The predicted molar refractivity (Wildman–Crippen MR) is 75.9 cm³/mol. The molecule has 2 rings (SSSR count). The third-order valence-electron chi connectivity index (χ3n) is 4.50. The van der Waals surface area contributed by atoms with E-state index in [2.05, 4.69) is 17.6 Å². The van der Waals surface area contributed by atoms with E-state index in [-0.39, 0.29) is 0 Å². The van der Waals surface area contributed by atoms with E-state index < -0.39 is 0 Å². The van der Waals surface area contributed by atoms with Crippen LogP contribution in [0.15, 0.2) is 0 Å². The summed E-state index contributed by atoms with van der Waals surface area (Å²) in [4.78, 5) is 0. The molecule has 3 heteroatoms. The van der Waals surface area contributed by atoms with Gasteiger partial charge in [0.1, 0.15) is 0 Å². The second-order valence-corrected chi connectivity index (χ2v) is 6.18. The molecule has 0 radical (unpaired) electrons. The van der Waals surface area contributed by atoms with Crippen molar-refractivity contribution in [3.63, 3.8) is 0 Å². The first-order chi connectivity index (χ1) is 8.85. The van der Waals surface area contributed by atoms with Crippen LogP contribution in [0.2, 0.25) is 0 Å². The molecule has 106 valence electrons. The van der Waals surface area contributed by atoms with Crippen LogP contribution in [0.4, 0.5) is 0 Å². The van der Waals surface area contributed by atoms with Gasteiger partial charge in [0.25, 0.3) is 0 Å². The zero-order valence-electron chi connectivity index (χ0n) is 12.0. The highest BCUT2D eigenvalue weighted by Gasteiger charge is 2.29. The van der Waals surface area contributed by atoms with Gasteiger partial charge in [-0.05, 0) is 62.9 Å². The average Bonchev–Trinajstić information content (AvgIpc) is 3.23. The minimum absolute atomic E-state index is 0.507. The highest BCUT2D eigenvalue weighted by molar-refractivity contribution is 4.86. The Morgan fingerprint density at radius 1 is 1.39 bits per heavy atom. The summed E-state index contributed by atoms with van der Waals surface area (Å²) >= 11 is 0. The lowest BCUT2D eigenvalue weighted by molar-refractivity contribution is 0.120. The van der Waals surface area contributed by atoms with E-state index in [4.69, 9.17) is 4.74 Å². The summed E-state index contributed by atoms with van der Waals surface area (Å²) in [5.74, 6) is 0.898. The Morgan fingerprint density at radius 2 is 2.28 bits per heavy atom. The summed E-state index contributed by atoms with van der Waals surface area (Å²) in [5.41, 5.74) is 0.507. The minimum Gasteiger partial charge on any atom is -0.381 e. The maximum absolute atomic E-state index is 5.65. The van der Waals surface area contributed by atoms with Gasteiger partial charge in [-0.2, -0.15) is 0 Å². The van der Waals surface area contributed by atoms with Crippen LogP contribution in [-0.4, -0.2) is 39.4 Å². The summed E-state index contributed by atoms with van der Waals surface area (Å²) in [5, 5.41) is 7.17. The molecule has 0 bridgehead atoms. The van der Waals surface area contributed by atoms with Gasteiger partial charge in [0.05, 0.1) is 0 Å². The monoisotopic (exact) mass is 254 g/mol. The van der Waals surface area contributed by atoms with Crippen molar-refractivity contribution in [3.05, 3.63) is 0 Å². The van der Waals surface area contributed by atoms with Crippen molar-refractivity contribution in [2.24, 2.45) is 11.3 Å². The molecule has 1 unspecified atom stereocenters. The molecule has 0 amide bonds. The highest BCUT2D eigenvalue weighted by atomic mass is 16.5. The molecule has 0 aromatic rings. The summed E-state index contributed by atoms with van der Waals surface area (Å²) in [6.07, 6.45) is 7.93. The quantitative estimate of drug-likeness (QED) is 0.619. The molecule has 18 heavy (non-hydrogen) atoms. The Labute approximate surface area is 112 Å². The van der Waals surface area contributed by atoms with Crippen molar-refractivity contribution >= 4 is 0 Å². The lowest BCUT2D eigenvalue weighted by atomic mass is 9.78. The van der Waals surface area contributed by atoms with E-state index >= 15 is 0 Å². The summed E-state index contributed by atoms with van der Waals surface area (Å²) < 4.78 is 5.65. The van der Waals surface area contributed by atoms with Crippen molar-refractivity contribution in [2.75, 3.05) is 39.4 Å². The molecule has 1 heterocycles. The first-order valence-corrected chi connectivity index (χ1v) is 7.84. The molecule has 1 atom stereocenters. The Kier molecular flexibility index (Phi) is 5.93. The van der Waals surface area contributed by atoms with Crippen LogP contribution in [0.3, 0.4) is 0 Å². The third kappa shape index (κ3) is 4.87. The van der Waals surface area contributed by atoms with E-state index in [1.807, 2.05) is 0 Å². The molecule has 2 fully saturated rings. The van der Waals surface area contributed by atoms with E-state index in [9.17, 15) is 0 Å². The smallest absolute Gasteiger partial charge is 0.0494 e. The van der Waals surface area contributed by atoms with Crippen molar-refractivity contribution in [1.29, 1.82) is 0 Å². The SMILES string of the molecule is CCC1(CNCCCOCC2CC2)CCCNC1. The van der Waals surface area contributed by atoms with E-state index in [1.165, 1.54) is 51.7 Å². The van der Waals surface area contributed by atoms with Crippen LogP contribution in [0.5, 0.6) is 0 Å². The Balaban J connectivity index is 1.47. The van der Waals surface area contributed by atoms with Gasteiger partial charge in [-0.15, -0.1) is 0 Å². The minimum atomic E-state index is 0.507. The second kappa shape index (κ2) is 7.46. The van der Waals surface area contributed by atoms with Crippen molar-refractivity contribution in [3.8, 4) is 0 Å². The third-order valence-corrected chi connectivity index (χ3v) is 4.50. The molecule has 1 aliphatic heterocycles. The van der Waals surface area contributed by atoms with Crippen LogP contribution < -0.4 is 10.6 Å². The fourth-order valence-electron chi connectivity index (χ4n) is 2.80. The molecule has 0 aromatic carbocycles. The molecule has 1 saturated carbocycles. The zero-order valence-corrected chi connectivity index (χ0v) is 12.0. The molecule has 1 aliphatic carbocycles. The second-order valence-electron chi connectivity index (χ2n) is 6.18. The molecule has 2 N–H and O–H groups in total. The Hall–Kier alpha value is -0.120. The molecule has 0 spiro atoms. The molecular weight excluding hydrogens is 224 g/mol. The van der Waals surface area contributed by atoms with Crippen LogP contribution in [0.1, 0.15) is 45.4 Å². The first kappa shape index (κ1) is 14.3. The van der Waals surface area contributed by atoms with Crippen LogP contribution in [-0.2, 0) is 4.74 Å². The standard InChI is InChI=1S/C15H30N2O/c1-2-15(7-3-8-16-12-15)13-17-9-4-10-18-11-14-5-6-14/h14,16-17H,2-13H2,1H3. The maximum Gasteiger partial charge on any atom is 0.0494 e. The summed E-state index contributed by atoms with van der Waals surface area (Å²) in [6.45, 7) is 8.92. The number of rotatable bonds is 9. The fourth-order valence-corrected chi connectivity index (χ4v) is 2.80. The molecule has 0 aromatic heterocycles. The zero-order chi connectivity index (χ0) is 12.7. The topological polar surface area (TPSA) is 33.3 Å². The summed E-state index contributed by atoms with van der Waals surface area (Å²) in [7, 11) is 0. The Morgan fingerprint density at radius 3 is 2.94 bits per heavy atom. The van der Waals surface area contributed by atoms with Crippen LogP contribution >= 0.6 is 0 Å². The molecule has 1 saturated heterocycles. The number of piperidine rings is 1. The lowest BCUT2D eigenvalue weighted by Gasteiger charge is -2.37. The largest absolute Gasteiger partial charge is 0.381 e. The van der Waals surface area contributed by atoms with Gasteiger partial charge < -0.3 is 15.4 Å². The molecule has 3 nitrogen and oxygen atoms in total. The van der Waals surface area contributed by atoms with Gasteiger partial charge in [-0.25, -0.2) is 0 Å². The maximum atomic E-state index is 5.65. The van der Waals surface area contributed by atoms with Crippen LogP contribution in [0.25, 0.3) is 0 Å². The van der Waals surface area contributed by atoms with Gasteiger partial charge in [0, 0.05) is 26.3 Å². The number of hydrogen-bond donors (Lipinski definition) is 2. The van der Waals surface area contributed by atoms with Crippen molar-refractivity contribution in [2.45, 2.75) is 45.4 Å². The lowest BCUT2D eigenvalue weighted by Crippen LogP contribution is -2.46. The predicted octanol–water partition coefficient (Wildman–Crippen LogP) is 2.17. The number of hydrogen-bond acceptors (Lipinski definition) is 3.